The molecular weight excluding hydrogens is 326 g/mol. The van der Waals surface area contributed by atoms with Gasteiger partial charge in [0.1, 0.15) is 5.75 Å². The SMILES string of the molecule is CCC(CC)COc1c(C)cc(Br)cc1CNCC(C)C. The summed E-state index contributed by atoms with van der Waals surface area (Å²) in [6, 6.07) is 4.30. The molecule has 1 rings (SSSR count). The zero-order chi connectivity index (χ0) is 15.8. The molecule has 0 saturated heterocycles. The molecule has 1 aromatic rings. The van der Waals surface area contributed by atoms with Gasteiger partial charge in [-0.2, -0.15) is 0 Å². The van der Waals surface area contributed by atoms with E-state index in [0.29, 0.717) is 11.8 Å². The maximum Gasteiger partial charge on any atom is 0.126 e. The fraction of sp³-hybridized carbons (Fsp3) is 0.667. The smallest absolute Gasteiger partial charge is 0.126 e. The highest BCUT2D eigenvalue weighted by Crippen LogP contribution is 2.29. The Balaban J connectivity index is 2.79. The number of benzene rings is 1. The molecule has 0 fully saturated rings. The highest BCUT2D eigenvalue weighted by Gasteiger charge is 2.12. The van der Waals surface area contributed by atoms with Crippen LogP contribution in [0.2, 0.25) is 0 Å². The lowest BCUT2D eigenvalue weighted by Gasteiger charge is -2.19. The second kappa shape index (κ2) is 9.47. The summed E-state index contributed by atoms with van der Waals surface area (Å²) in [5.74, 6) is 2.36. The molecule has 3 heteroatoms. The maximum absolute atomic E-state index is 6.16. The molecule has 1 aromatic carbocycles. The zero-order valence-electron chi connectivity index (χ0n) is 14.1. The second-order valence-electron chi connectivity index (χ2n) is 6.23. The van der Waals surface area contributed by atoms with Gasteiger partial charge in [0.2, 0.25) is 0 Å². The van der Waals surface area contributed by atoms with Crippen LogP contribution in [0.25, 0.3) is 0 Å². The van der Waals surface area contributed by atoms with Crippen molar-refractivity contribution in [2.24, 2.45) is 11.8 Å². The molecule has 1 N–H and O–H groups in total. The van der Waals surface area contributed by atoms with Gasteiger partial charge in [-0.25, -0.2) is 0 Å². The molecule has 0 saturated carbocycles. The van der Waals surface area contributed by atoms with Gasteiger partial charge in [-0.1, -0.05) is 56.5 Å². The fourth-order valence-corrected chi connectivity index (χ4v) is 2.98. The van der Waals surface area contributed by atoms with E-state index in [1.807, 2.05) is 0 Å². The molecule has 0 amide bonds. The standard InChI is InChI=1S/C18H30BrNO/c1-6-15(7-2)12-21-18-14(5)8-17(19)9-16(18)11-20-10-13(3)4/h8-9,13,15,20H,6-7,10-12H2,1-5H3. The quantitative estimate of drug-likeness (QED) is 0.647. The second-order valence-corrected chi connectivity index (χ2v) is 7.14. The molecule has 0 aromatic heterocycles. The Morgan fingerprint density at radius 2 is 1.86 bits per heavy atom. The van der Waals surface area contributed by atoms with Crippen molar-refractivity contribution in [2.75, 3.05) is 13.2 Å². The number of hydrogen-bond donors (Lipinski definition) is 1. The van der Waals surface area contributed by atoms with Crippen molar-refractivity contribution in [3.63, 3.8) is 0 Å². The van der Waals surface area contributed by atoms with Gasteiger partial charge >= 0.3 is 0 Å². The number of rotatable bonds is 9. The Morgan fingerprint density at radius 3 is 2.43 bits per heavy atom. The van der Waals surface area contributed by atoms with E-state index in [-0.39, 0.29) is 0 Å². The van der Waals surface area contributed by atoms with Crippen LogP contribution < -0.4 is 10.1 Å². The molecule has 0 aliphatic rings. The lowest BCUT2D eigenvalue weighted by Crippen LogP contribution is -2.20. The predicted molar refractivity (Wildman–Crippen MR) is 95.0 cm³/mol. The minimum atomic E-state index is 0.643. The van der Waals surface area contributed by atoms with Crippen molar-refractivity contribution in [2.45, 2.75) is 54.0 Å². The van der Waals surface area contributed by atoms with E-state index in [0.717, 1.165) is 29.9 Å². The molecule has 2 nitrogen and oxygen atoms in total. The normalized spacial score (nSPS) is 11.4. The van der Waals surface area contributed by atoms with Crippen LogP contribution in [-0.2, 0) is 6.54 Å². The van der Waals surface area contributed by atoms with Gasteiger partial charge in [-0.05, 0) is 43.0 Å². The van der Waals surface area contributed by atoms with Crippen molar-refractivity contribution in [1.82, 2.24) is 5.32 Å². The van der Waals surface area contributed by atoms with Gasteiger partial charge in [0.25, 0.3) is 0 Å². The molecule has 0 bridgehead atoms. The van der Waals surface area contributed by atoms with Crippen molar-refractivity contribution in [3.05, 3.63) is 27.7 Å². The van der Waals surface area contributed by atoms with E-state index in [2.05, 4.69) is 68.0 Å². The van der Waals surface area contributed by atoms with Gasteiger partial charge in [0.05, 0.1) is 6.61 Å². The van der Waals surface area contributed by atoms with Gasteiger partial charge in [-0.15, -0.1) is 0 Å². The van der Waals surface area contributed by atoms with E-state index in [4.69, 9.17) is 4.74 Å². The summed E-state index contributed by atoms with van der Waals surface area (Å²) in [6.45, 7) is 13.7. The topological polar surface area (TPSA) is 21.3 Å². The first-order valence-corrected chi connectivity index (χ1v) is 8.89. The minimum absolute atomic E-state index is 0.643. The first-order chi connectivity index (χ1) is 9.97. The van der Waals surface area contributed by atoms with E-state index in [1.54, 1.807) is 0 Å². The highest BCUT2D eigenvalue weighted by atomic mass is 79.9. The Labute approximate surface area is 138 Å². The first-order valence-electron chi connectivity index (χ1n) is 8.10. The number of halogens is 1. The van der Waals surface area contributed by atoms with Crippen LogP contribution in [0.15, 0.2) is 16.6 Å². The Kier molecular flexibility index (Phi) is 8.35. The third kappa shape index (κ3) is 6.39. The lowest BCUT2D eigenvalue weighted by molar-refractivity contribution is 0.237. The molecule has 0 atom stereocenters. The Hall–Kier alpha value is -0.540. The van der Waals surface area contributed by atoms with E-state index in [1.165, 1.54) is 24.0 Å². The molecule has 0 spiro atoms. The molecule has 0 aliphatic heterocycles. The summed E-state index contributed by atoms with van der Waals surface area (Å²) in [6.07, 6.45) is 2.35. The van der Waals surface area contributed by atoms with Crippen molar-refractivity contribution in [1.29, 1.82) is 0 Å². The highest BCUT2D eigenvalue weighted by molar-refractivity contribution is 9.10. The van der Waals surface area contributed by atoms with Gasteiger partial charge in [0, 0.05) is 16.6 Å². The number of nitrogens with one attached hydrogen (secondary N) is 1. The largest absolute Gasteiger partial charge is 0.493 e. The minimum Gasteiger partial charge on any atom is -0.493 e. The van der Waals surface area contributed by atoms with Crippen LogP contribution in [0.4, 0.5) is 0 Å². The molecule has 0 aliphatic carbocycles. The molecule has 21 heavy (non-hydrogen) atoms. The third-order valence-corrected chi connectivity index (χ3v) is 4.26. The van der Waals surface area contributed by atoms with Crippen molar-refractivity contribution in [3.8, 4) is 5.75 Å². The number of ether oxygens (including phenoxy) is 1. The number of aryl methyl sites for hydroxylation is 1. The van der Waals surface area contributed by atoms with Crippen LogP contribution in [0.5, 0.6) is 5.75 Å². The monoisotopic (exact) mass is 355 g/mol. The average Bonchev–Trinajstić information content (AvgIpc) is 2.41. The fourth-order valence-electron chi connectivity index (χ4n) is 2.36. The maximum atomic E-state index is 6.16. The predicted octanol–water partition coefficient (Wildman–Crippen LogP) is 5.32. The first kappa shape index (κ1) is 18.5. The summed E-state index contributed by atoms with van der Waals surface area (Å²) in [7, 11) is 0. The zero-order valence-corrected chi connectivity index (χ0v) is 15.7. The van der Waals surface area contributed by atoms with Crippen LogP contribution in [0.1, 0.15) is 51.7 Å². The Bertz CT molecular complexity index is 427. The van der Waals surface area contributed by atoms with Crippen molar-refractivity contribution >= 4 is 15.9 Å². The van der Waals surface area contributed by atoms with Crippen LogP contribution in [-0.4, -0.2) is 13.2 Å². The van der Waals surface area contributed by atoms with Gasteiger partial charge in [0.15, 0.2) is 0 Å². The van der Waals surface area contributed by atoms with Crippen LogP contribution in [0, 0.1) is 18.8 Å². The molecular formula is C18H30BrNO. The van der Waals surface area contributed by atoms with E-state index in [9.17, 15) is 0 Å². The summed E-state index contributed by atoms with van der Waals surface area (Å²) in [5.41, 5.74) is 2.45. The molecule has 0 radical (unpaired) electrons. The number of hydrogen-bond acceptors (Lipinski definition) is 2. The molecule has 0 heterocycles. The van der Waals surface area contributed by atoms with Crippen molar-refractivity contribution < 1.29 is 4.74 Å². The summed E-state index contributed by atoms with van der Waals surface area (Å²) >= 11 is 3.59. The van der Waals surface area contributed by atoms with Crippen LogP contribution >= 0.6 is 15.9 Å². The molecule has 0 unspecified atom stereocenters. The van der Waals surface area contributed by atoms with E-state index >= 15 is 0 Å². The molecule has 120 valence electrons. The van der Waals surface area contributed by atoms with Gasteiger partial charge in [-0.3, -0.25) is 0 Å². The third-order valence-electron chi connectivity index (χ3n) is 3.80. The summed E-state index contributed by atoms with van der Waals surface area (Å²) in [5, 5.41) is 3.51. The van der Waals surface area contributed by atoms with E-state index < -0.39 is 0 Å². The van der Waals surface area contributed by atoms with Gasteiger partial charge < -0.3 is 10.1 Å². The lowest BCUT2D eigenvalue weighted by atomic mass is 10.0. The Morgan fingerprint density at radius 1 is 1.19 bits per heavy atom. The summed E-state index contributed by atoms with van der Waals surface area (Å²) < 4.78 is 7.29. The summed E-state index contributed by atoms with van der Waals surface area (Å²) in [4.78, 5) is 0. The van der Waals surface area contributed by atoms with Crippen LogP contribution in [0.3, 0.4) is 0 Å². The average molecular weight is 356 g/mol.